The van der Waals surface area contributed by atoms with Crippen molar-refractivity contribution in [1.82, 2.24) is 4.98 Å². The van der Waals surface area contributed by atoms with Crippen LogP contribution < -0.4 is 5.32 Å². The van der Waals surface area contributed by atoms with Crippen molar-refractivity contribution in [1.29, 1.82) is 0 Å². The Morgan fingerprint density at radius 3 is 2.52 bits per heavy atom. The van der Waals surface area contributed by atoms with Gasteiger partial charge in [-0.05, 0) is 54.6 Å². The van der Waals surface area contributed by atoms with Gasteiger partial charge in [0.15, 0.2) is 5.58 Å². The molecule has 0 saturated carbocycles. The minimum Gasteiger partial charge on any atom is -0.436 e. The molecule has 0 spiro atoms. The van der Waals surface area contributed by atoms with Crippen LogP contribution in [0, 0.1) is 5.82 Å². The van der Waals surface area contributed by atoms with E-state index >= 15 is 0 Å². The van der Waals surface area contributed by atoms with Crippen LogP contribution in [0.4, 0.5) is 10.1 Å². The summed E-state index contributed by atoms with van der Waals surface area (Å²) in [4.78, 5) is 16.6. The first kappa shape index (κ1) is 15.1. The van der Waals surface area contributed by atoms with Gasteiger partial charge in [-0.1, -0.05) is 18.2 Å². The number of para-hydroxylation sites is 2. The van der Waals surface area contributed by atoms with E-state index in [1.165, 1.54) is 18.2 Å². The maximum Gasteiger partial charge on any atom is 0.255 e. The Hall–Kier alpha value is -3.47. The molecule has 0 radical (unpaired) electrons. The normalized spacial score (nSPS) is 10.8. The number of halogens is 1. The molecule has 3 aromatic carbocycles. The zero-order valence-electron chi connectivity index (χ0n) is 13.1. The van der Waals surface area contributed by atoms with Crippen molar-refractivity contribution >= 4 is 22.7 Å². The van der Waals surface area contributed by atoms with Gasteiger partial charge >= 0.3 is 0 Å². The van der Waals surface area contributed by atoms with Gasteiger partial charge in [0.2, 0.25) is 5.89 Å². The van der Waals surface area contributed by atoms with Crippen LogP contribution >= 0.6 is 0 Å². The molecule has 1 N–H and O–H groups in total. The number of hydrogen-bond acceptors (Lipinski definition) is 3. The van der Waals surface area contributed by atoms with Crippen molar-refractivity contribution in [3.05, 3.63) is 84.2 Å². The molecule has 0 saturated heterocycles. The number of rotatable bonds is 3. The Labute approximate surface area is 142 Å². The number of oxazole rings is 1. The molecule has 122 valence electrons. The van der Waals surface area contributed by atoms with Crippen molar-refractivity contribution in [3.8, 4) is 11.5 Å². The summed E-state index contributed by atoms with van der Waals surface area (Å²) in [5.41, 5.74) is 3.19. The Morgan fingerprint density at radius 1 is 0.960 bits per heavy atom. The summed E-state index contributed by atoms with van der Waals surface area (Å²) in [6, 6.07) is 20.2. The second-order valence-corrected chi connectivity index (χ2v) is 5.53. The predicted molar refractivity (Wildman–Crippen MR) is 93.8 cm³/mol. The second-order valence-electron chi connectivity index (χ2n) is 5.53. The van der Waals surface area contributed by atoms with Crippen molar-refractivity contribution < 1.29 is 13.6 Å². The van der Waals surface area contributed by atoms with E-state index in [1.807, 2.05) is 36.4 Å². The van der Waals surface area contributed by atoms with E-state index < -0.39 is 5.82 Å². The summed E-state index contributed by atoms with van der Waals surface area (Å²) >= 11 is 0. The summed E-state index contributed by atoms with van der Waals surface area (Å²) < 4.78 is 18.9. The zero-order chi connectivity index (χ0) is 17.2. The molecule has 0 aliphatic rings. The van der Waals surface area contributed by atoms with Gasteiger partial charge in [0.25, 0.3) is 5.91 Å². The van der Waals surface area contributed by atoms with Gasteiger partial charge in [0.05, 0.1) is 0 Å². The minimum atomic E-state index is -0.445. The van der Waals surface area contributed by atoms with E-state index in [9.17, 15) is 9.18 Å². The van der Waals surface area contributed by atoms with Gasteiger partial charge in [-0.3, -0.25) is 4.79 Å². The zero-order valence-corrected chi connectivity index (χ0v) is 13.1. The number of carbonyl (C=O) groups is 1. The Morgan fingerprint density at radius 2 is 1.76 bits per heavy atom. The van der Waals surface area contributed by atoms with E-state index in [0.717, 1.165) is 16.7 Å². The van der Waals surface area contributed by atoms with Crippen molar-refractivity contribution in [2.45, 2.75) is 0 Å². The van der Waals surface area contributed by atoms with Crippen LogP contribution in [0.5, 0.6) is 0 Å². The third-order valence-electron chi connectivity index (χ3n) is 3.77. The lowest BCUT2D eigenvalue weighted by molar-refractivity contribution is 0.102. The Bertz CT molecular complexity index is 1020. The minimum absolute atomic E-state index is 0.267. The number of benzene rings is 3. The largest absolute Gasteiger partial charge is 0.436 e. The molecule has 1 amide bonds. The van der Waals surface area contributed by atoms with Gasteiger partial charge in [0.1, 0.15) is 11.3 Å². The lowest BCUT2D eigenvalue weighted by Gasteiger charge is -2.06. The van der Waals surface area contributed by atoms with Crippen molar-refractivity contribution in [2.24, 2.45) is 0 Å². The van der Waals surface area contributed by atoms with Crippen LogP contribution in [0.15, 0.2) is 77.2 Å². The molecule has 1 heterocycles. The predicted octanol–water partition coefficient (Wildman–Crippen LogP) is 4.89. The summed E-state index contributed by atoms with van der Waals surface area (Å²) in [5, 5.41) is 2.73. The third-order valence-corrected chi connectivity index (χ3v) is 3.77. The molecule has 4 rings (SSSR count). The van der Waals surface area contributed by atoms with Gasteiger partial charge in [-0.2, -0.15) is 0 Å². The molecule has 0 atom stereocenters. The second kappa shape index (κ2) is 6.20. The Kier molecular flexibility index (Phi) is 3.74. The molecule has 0 unspecified atom stereocenters. The summed E-state index contributed by atoms with van der Waals surface area (Å²) in [6.45, 7) is 0. The molecule has 4 nitrogen and oxygen atoms in total. The van der Waals surface area contributed by atoms with Crippen LogP contribution in [0.2, 0.25) is 0 Å². The molecule has 0 aliphatic heterocycles. The number of carbonyl (C=O) groups excluding carboxylic acids is 1. The van der Waals surface area contributed by atoms with Crippen LogP contribution in [-0.4, -0.2) is 10.9 Å². The monoisotopic (exact) mass is 332 g/mol. The quantitative estimate of drug-likeness (QED) is 0.581. The first-order chi connectivity index (χ1) is 12.2. The van der Waals surface area contributed by atoms with Crippen LogP contribution in [0.3, 0.4) is 0 Å². The number of anilines is 1. The fourth-order valence-electron chi connectivity index (χ4n) is 2.52. The number of fused-ring (bicyclic) bond motifs is 1. The summed E-state index contributed by atoms with van der Waals surface area (Å²) in [6.07, 6.45) is 0. The standard InChI is InChI=1S/C20H13FN2O2/c21-15-5-3-4-14(12-15)19(24)22-16-10-8-13(9-11-16)20-23-17-6-1-2-7-18(17)25-20/h1-12H,(H,22,24). The number of amides is 1. The molecule has 0 fully saturated rings. The summed E-state index contributed by atoms with van der Waals surface area (Å²) in [5.74, 6) is -0.294. The van der Waals surface area contributed by atoms with Gasteiger partial charge in [-0.15, -0.1) is 0 Å². The highest BCUT2D eigenvalue weighted by molar-refractivity contribution is 6.04. The lowest BCUT2D eigenvalue weighted by Crippen LogP contribution is -2.11. The highest BCUT2D eigenvalue weighted by Gasteiger charge is 2.09. The van der Waals surface area contributed by atoms with Crippen LogP contribution in [0.25, 0.3) is 22.6 Å². The molecule has 0 aliphatic carbocycles. The lowest BCUT2D eigenvalue weighted by atomic mass is 10.2. The van der Waals surface area contributed by atoms with Crippen LogP contribution in [-0.2, 0) is 0 Å². The molecule has 0 bridgehead atoms. The Balaban J connectivity index is 1.54. The topological polar surface area (TPSA) is 55.1 Å². The van der Waals surface area contributed by atoms with Gasteiger partial charge in [0, 0.05) is 16.8 Å². The third kappa shape index (κ3) is 3.12. The maximum atomic E-state index is 13.2. The molecule has 4 aromatic rings. The number of hydrogen-bond donors (Lipinski definition) is 1. The SMILES string of the molecule is O=C(Nc1ccc(-c2nc3ccccc3o2)cc1)c1cccc(F)c1. The number of nitrogens with one attached hydrogen (secondary N) is 1. The van der Waals surface area contributed by atoms with Gasteiger partial charge in [-0.25, -0.2) is 9.37 Å². The highest BCUT2D eigenvalue weighted by Crippen LogP contribution is 2.25. The number of aromatic nitrogens is 1. The number of nitrogens with zero attached hydrogens (tertiary/aromatic N) is 1. The maximum absolute atomic E-state index is 13.2. The van der Waals surface area contributed by atoms with E-state index in [2.05, 4.69) is 10.3 Å². The molecular weight excluding hydrogens is 319 g/mol. The first-order valence-corrected chi connectivity index (χ1v) is 7.72. The molecule has 1 aromatic heterocycles. The smallest absolute Gasteiger partial charge is 0.255 e. The average molecular weight is 332 g/mol. The van der Waals surface area contributed by atoms with E-state index in [-0.39, 0.29) is 11.5 Å². The first-order valence-electron chi connectivity index (χ1n) is 7.72. The van der Waals surface area contributed by atoms with Crippen molar-refractivity contribution in [2.75, 3.05) is 5.32 Å². The van der Waals surface area contributed by atoms with E-state index in [0.29, 0.717) is 11.6 Å². The van der Waals surface area contributed by atoms with Crippen LogP contribution in [0.1, 0.15) is 10.4 Å². The molecular formula is C20H13FN2O2. The highest BCUT2D eigenvalue weighted by atomic mass is 19.1. The molecule has 25 heavy (non-hydrogen) atoms. The fraction of sp³-hybridized carbons (Fsp3) is 0. The average Bonchev–Trinajstić information content (AvgIpc) is 3.06. The molecule has 5 heteroatoms. The van der Waals surface area contributed by atoms with Crippen molar-refractivity contribution in [3.63, 3.8) is 0 Å². The summed E-state index contributed by atoms with van der Waals surface area (Å²) in [7, 11) is 0. The fourth-order valence-corrected chi connectivity index (χ4v) is 2.52. The van der Waals surface area contributed by atoms with Gasteiger partial charge < -0.3 is 9.73 Å². The van der Waals surface area contributed by atoms with E-state index in [4.69, 9.17) is 4.42 Å². The van der Waals surface area contributed by atoms with E-state index in [1.54, 1.807) is 18.2 Å².